The lowest BCUT2D eigenvalue weighted by Gasteiger charge is -1.91. The molecule has 29 heavy (non-hydrogen) atoms. The molecular formula is C24H41N5. The first-order valence-corrected chi connectivity index (χ1v) is 10.7. The molecule has 0 fully saturated rings. The number of rotatable bonds is 0. The van der Waals surface area contributed by atoms with Crippen molar-refractivity contribution in [3.8, 4) is 0 Å². The molecule has 0 amide bonds. The minimum atomic E-state index is 0.753. The number of nitrogens with one attached hydrogen (secondary N) is 2. The van der Waals surface area contributed by atoms with Gasteiger partial charge >= 0.3 is 0 Å². The van der Waals surface area contributed by atoms with Crippen LogP contribution in [0.3, 0.4) is 0 Å². The number of hydrogen-bond donors (Lipinski definition) is 3. The summed E-state index contributed by atoms with van der Waals surface area (Å²) >= 11 is 0. The van der Waals surface area contributed by atoms with Gasteiger partial charge in [-0.15, -0.1) is 0 Å². The standard InChI is InChI=1S/C8H8N2.C7H7N3.C3H8.3C2H6/c1-6-2-4-9-8-7(6)3-5-10-8;8-6-4-10-7-5(6)2-1-3-9-7;1-3-2;3*1-2/h2-5H,1H3,(H,9,10);1-4H,8H2,(H,9,10);3H2,1-2H3;3*1-2H3. The zero-order chi connectivity index (χ0) is 22.7. The molecule has 4 heterocycles. The summed E-state index contributed by atoms with van der Waals surface area (Å²) in [6, 6.07) is 7.86. The molecule has 0 unspecified atom stereocenters. The summed E-state index contributed by atoms with van der Waals surface area (Å²) in [5.41, 5.74) is 9.45. The summed E-state index contributed by atoms with van der Waals surface area (Å²) in [6.07, 6.45) is 8.45. The third kappa shape index (κ3) is 9.79. The van der Waals surface area contributed by atoms with E-state index in [1.807, 2.05) is 78.2 Å². The molecule has 4 rings (SSSR count). The molecule has 0 radical (unpaired) electrons. The van der Waals surface area contributed by atoms with Crippen molar-refractivity contribution < 1.29 is 0 Å². The minimum absolute atomic E-state index is 0.753. The Bertz CT molecular complexity index is 856. The summed E-state index contributed by atoms with van der Waals surface area (Å²) in [6.45, 7) is 18.3. The van der Waals surface area contributed by atoms with Gasteiger partial charge in [-0.25, -0.2) is 9.97 Å². The topological polar surface area (TPSA) is 83.4 Å². The second-order valence-corrected chi connectivity index (χ2v) is 5.22. The molecule has 4 N–H and O–H groups in total. The predicted molar refractivity (Wildman–Crippen MR) is 131 cm³/mol. The van der Waals surface area contributed by atoms with E-state index in [0.717, 1.165) is 22.4 Å². The second-order valence-electron chi connectivity index (χ2n) is 5.22. The molecule has 0 atom stereocenters. The lowest BCUT2D eigenvalue weighted by molar-refractivity contribution is 1.09. The highest BCUT2D eigenvalue weighted by molar-refractivity contribution is 5.88. The third-order valence-electron chi connectivity index (χ3n) is 3.16. The minimum Gasteiger partial charge on any atom is -0.397 e. The van der Waals surface area contributed by atoms with E-state index in [9.17, 15) is 0 Å². The number of H-pyrrole nitrogens is 2. The molecule has 0 saturated heterocycles. The zero-order valence-electron chi connectivity index (χ0n) is 19.8. The molecular weight excluding hydrogens is 358 g/mol. The van der Waals surface area contributed by atoms with Crippen LogP contribution in [0.4, 0.5) is 5.69 Å². The van der Waals surface area contributed by atoms with Crippen molar-refractivity contribution in [2.75, 3.05) is 5.73 Å². The average molecular weight is 400 g/mol. The fourth-order valence-corrected chi connectivity index (χ4v) is 2.08. The van der Waals surface area contributed by atoms with Gasteiger partial charge in [-0.05, 0) is 36.8 Å². The SMILES string of the molecule is CC.CC.CC.CCC.Cc1ccnc2[nH]ccc12.Nc1c[nH]c2ncccc12. The van der Waals surface area contributed by atoms with E-state index in [4.69, 9.17) is 5.73 Å². The Hall–Kier alpha value is -2.82. The first kappa shape index (κ1) is 28.4. The molecule has 5 heteroatoms. The zero-order valence-corrected chi connectivity index (χ0v) is 19.8. The van der Waals surface area contributed by atoms with E-state index in [-0.39, 0.29) is 0 Å². The van der Waals surface area contributed by atoms with Crippen LogP contribution in [0.2, 0.25) is 0 Å². The van der Waals surface area contributed by atoms with Gasteiger partial charge in [0.15, 0.2) is 0 Å². The smallest absolute Gasteiger partial charge is 0.139 e. The normalized spacial score (nSPS) is 8.45. The summed E-state index contributed by atoms with van der Waals surface area (Å²) in [5.74, 6) is 0. The van der Waals surface area contributed by atoms with Crippen LogP contribution in [0.25, 0.3) is 22.1 Å². The molecule has 0 aliphatic heterocycles. The van der Waals surface area contributed by atoms with E-state index < -0.39 is 0 Å². The number of fused-ring (bicyclic) bond motifs is 2. The molecule has 0 bridgehead atoms. The molecule has 5 nitrogen and oxygen atoms in total. The van der Waals surface area contributed by atoms with Gasteiger partial charge in [-0.2, -0.15) is 0 Å². The molecule has 0 spiro atoms. The van der Waals surface area contributed by atoms with E-state index in [1.165, 1.54) is 17.4 Å². The van der Waals surface area contributed by atoms with E-state index in [2.05, 4.69) is 40.7 Å². The Labute approximate surface area is 177 Å². The van der Waals surface area contributed by atoms with Crippen LogP contribution >= 0.6 is 0 Å². The molecule has 0 aliphatic carbocycles. The lowest BCUT2D eigenvalue weighted by Crippen LogP contribution is -1.79. The van der Waals surface area contributed by atoms with Crippen LogP contribution in [-0.2, 0) is 0 Å². The number of aryl methyl sites for hydroxylation is 1. The largest absolute Gasteiger partial charge is 0.397 e. The van der Waals surface area contributed by atoms with Crippen molar-refractivity contribution >= 4 is 27.8 Å². The molecule has 0 aliphatic rings. The molecule has 4 aromatic rings. The summed E-state index contributed by atoms with van der Waals surface area (Å²) < 4.78 is 0. The number of nitrogens with two attached hydrogens (primary N) is 1. The molecule has 0 saturated carbocycles. The highest BCUT2D eigenvalue weighted by atomic mass is 14.9. The fraction of sp³-hybridized carbons (Fsp3) is 0.417. The Morgan fingerprint density at radius 3 is 1.90 bits per heavy atom. The maximum absolute atomic E-state index is 5.60. The van der Waals surface area contributed by atoms with E-state index >= 15 is 0 Å². The van der Waals surface area contributed by atoms with Gasteiger partial charge in [0.1, 0.15) is 11.3 Å². The van der Waals surface area contributed by atoms with Crippen LogP contribution in [0.15, 0.2) is 49.1 Å². The number of nitrogen functional groups attached to an aromatic ring is 1. The van der Waals surface area contributed by atoms with Gasteiger partial charge in [-0.3, -0.25) is 0 Å². The fourth-order valence-electron chi connectivity index (χ4n) is 2.08. The van der Waals surface area contributed by atoms with Gasteiger partial charge in [0, 0.05) is 35.6 Å². The summed E-state index contributed by atoms with van der Waals surface area (Å²) in [7, 11) is 0. The third-order valence-corrected chi connectivity index (χ3v) is 3.16. The summed E-state index contributed by atoms with van der Waals surface area (Å²) in [4.78, 5) is 14.2. The van der Waals surface area contributed by atoms with Crippen molar-refractivity contribution in [2.45, 2.75) is 68.7 Å². The quantitative estimate of drug-likeness (QED) is 0.286. The number of anilines is 1. The van der Waals surface area contributed by atoms with Crippen LogP contribution < -0.4 is 5.73 Å². The van der Waals surface area contributed by atoms with Gasteiger partial charge in [-0.1, -0.05) is 61.8 Å². The highest BCUT2D eigenvalue weighted by Gasteiger charge is 1.97. The number of hydrogen-bond acceptors (Lipinski definition) is 3. The molecule has 162 valence electrons. The monoisotopic (exact) mass is 399 g/mol. The van der Waals surface area contributed by atoms with Crippen molar-refractivity contribution in [1.29, 1.82) is 0 Å². The van der Waals surface area contributed by atoms with Crippen LogP contribution in [0.1, 0.15) is 67.4 Å². The van der Waals surface area contributed by atoms with E-state index in [0.29, 0.717) is 0 Å². The Morgan fingerprint density at radius 2 is 1.34 bits per heavy atom. The first-order chi connectivity index (χ1) is 14.2. The summed E-state index contributed by atoms with van der Waals surface area (Å²) in [5, 5.41) is 2.20. The molecule has 4 aromatic heterocycles. The predicted octanol–water partition coefficient (Wildman–Crippen LogP) is 7.51. The van der Waals surface area contributed by atoms with Gasteiger partial charge in [0.05, 0.1) is 5.69 Å². The highest BCUT2D eigenvalue weighted by Crippen LogP contribution is 2.16. The van der Waals surface area contributed by atoms with Crippen LogP contribution in [-0.4, -0.2) is 19.9 Å². The average Bonchev–Trinajstić information content (AvgIpc) is 3.42. The van der Waals surface area contributed by atoms with Crippen LogP contribution in [0, 0.1) is 6.92 Å². The maximum atomic E-state index is 5.60. The van der Waals surface area contributed by atoms with Crippen LogP contribution in [0.5, 0.6) is 0 Å². The maximum Gasteiger partial charge on any atom is 0.139 e. The first-order valence-electron chi connectivity index (χ1n) is 10.7. The van der Waals surface area contributed by atoms with Gasteiger partial charge < -0.3 is 15.7 Å². The lowest BCUT2D eigenvalue weighted by atomic mass is 10.2. The van der Waals surface area contributed by atoms with Crippen molar-refractivity contribution in [2.24, 2.45) is 0 Å². The van der Waals surface area contributed by atoms with Gasteiger partial charge in [0.25, 0.3) is 0 Å². The number of aromatic amines is 2. The van der Waals surface area contributed by atoms with E-state index in [1.54, 1.807) is 12.4 Å². The Kier molecular flexibility index (Phi) is 18.1. The molecule has 0 aromatic carbocycles. The number of pyridine rings is 2. The van der Waals surface area contributed by atoms with Gasteiger partial charge in [0.2, 0.25) is 0 Å². The van der Waals surface area contributed by atoms with Crippen molar-refractivity contribution in [3.63, 3.8) is 0 Å². The Balaban J connectivity index is 0. The Morgan fingerprint density at radius 1 is 0.793 bits per heavy atom. The number of nitrogens with zero attached hydrogens (tertiary/aromatic N) is 2. The second kappa shape index (κ2) is 18.5. The van der Waals surface area contributed by atoms with Crippen molar-refractivity contribution in [1.82, 2.24) is 19.9 Å². The van der Waals surface area contributed by atoms with Crippen molar-refractivity contribution in [3.05, 3.63) is 54.6 Å². The number of aromatic nitrogens is 4.